The highest BCUT2D eigenvalue weighted by molar-refractivity contribution is 7.09. The highest BCUT2D eigenvalue weighted by Crippen LogP contribution is 2.09. The Hall–Kier alpha value is -2.16. The summed E-state index contributed by atoms with van der Waals surface area (Å²) in [6.45, 7) is 1.93. The summed E-state index contributed by atoms with van der Waals surface area (Å²) in [5, 5.41) is 17.2. The fourth-order valence-corrected chi connectivity index (χ4v) is 1.65. The number of aryl methyl sites for hydroxylation is 1. The summed E-state index contributed by atoms with van der Waals surface area (Å²) < 4.78 is 4.34. The number of hydrogen-bond donors (Lipinski definition) is 2. The van der Waals surface area contributed by atoms with Crippen molar-refractivity contribution in [3.63, 3.8) is 0 Å². The van der Waals surface area contributed by atoms with Crippen molar-refractivity contribution in [2.75, 3.05) is 20.3 Å². The van der Waals surface area contributed by atoms with Crippen LogP contribution in [-0.2, 0) is 14.4 Å². The average Bonchev–Trinajstić information content (AvgIpc) is 2.79. The zero-order chi connectivity index (χ0) is 14.3. The Bertz CT molecular complexity index is 485. The van der Waals surface area contributed by atoms with E-state index >= 15 is 0 Å². The van der Waals surface area contributed by atoms with E-state index in [4.69, 9.17) is 9.94 Å². The Morgan fingerprint density at radius 3 is 2.84 bits per heavy atom. The van der Waals surface area contributed by atoms with Crippen LogP contribution in [0.4, 0.5) is 4.79 Å². The molecule has 0 bridgehead atoms. The number of carboxylic acid groups (broad SMARTS) is 1. The smallest absolute Gasteiger partial charge is 0.406 e. The van der Waals surface area contributed by atoms with Crippen molar-refractivity contribution in [2.24, 2.45) is 5.16 Å². The first-order valence-corrected chi connectivity index (χ1v) is 6.10. The van der Waals surface area contributed by atoms with Crippen molar-refractivity contribution in [2.45, 2.75) is 6.92 Å². The lowest BCUT2D eigenvalue weighted by Crippen LogP contribution is -2.26. The molecular formula is C10H13N3O5S. The van der Waals surface area contributed by atoms with Gasteiger partial charge in [0.2, 0.25) is 5.71 Å². The van der Waals surface area contributed by atoms with Crippen LogP contribution in [0.25, 0.3) is 0 Å². The first-order chi connectivity index (χ1) is 9.04. The van der Waals surface area contributed by atoms with Crippen LogP contribution in [0.3, 0.4) is 0 Å². The number of amides is 1. The number of ether oxygens (including phenoxy) is 1. The number of carboxylic acids is 1. The number of thiazole rings is 1. The molecule has 8 nitrogen and oxygen atoms in total. The Morgan fingerprint density at radius 1 is 1.58 bits per heavy atom. The van der Waals surface area contributed by atoms with Crippen LogP contribution in [0.2, 0.25) is 0 Å². The average molecular weight is 287 g/mol. The maximum absolute atomic E-state index is 11.0. The Kier molecular flexibility index (Phi) is 5.73. The lowest BCUT2D eigenvalue weighted by atomic mass is 10.3. The monoisotopic (exact) mass is 287 g/mol. The number of aromatic nitrogens is 1. The number of nitrogens with zero attached hydrogens (tertiary/aromatic N) is 2. The molecule has 1 rings (SSSR count). The van der Waals surface area contributed by atoms with Crippen molar-refractivity contribution in [1.29, 1.82) is 0 Å². The molecule has 1 heterocycles. The number of hydrogen-bond acceptors (Lipinski definition) is 7. The molecule has 104 valence electrons. The zero-order valence-electron chi connectivity index (χ0n) is 10.4. The summed E-state index contributed by atoms with van der Waals surface area (Å²) in [5.41, 5.74) is -0.0293. The number of nitrogens with one attached hydrogen (secondary N) is 1. The second-order valence-electron chi connectivity index (χ2n) is 3.25. The van der Waals surface area contributed by atoms with Gasteiger partial charge in [0.05, 0.1) is 18.7 Å². The van der Waals surface area contributed by atoms with Gasteiger partial charge >= 0.3 is 12.1 Å². The maximum atomic E-state index is 11.0. The van der Waals surface area contributed by atoms with E-state index in [0.717, 1.165) is 5.01 Å². The van der Waals surface area contributed by atoms with Crippen LogP contribution < -0.4 is 5.32 Å². The highest BCUT2D eigenvalue weighted by atomic mass is 32.1. The fourth-order valence-electron chi connectivity index (χ4n) is 1.05. The van der Waals surface area contributed by atoms with Crippen molar-refractivity contribution < 1.29 is 24.3 Å². The largest absolute Gasteiger partial charge is 0.476 e. The third-order valence-corrected chi connectivity index (χ3v) is 2.64. The number of carbonyl (C=O) groups is 2. The molecule has 9 heteroatoms. The molecular weight excluding hydrogens is 274 g/mol. The van der Waals surface area contributed by atoms with Crippen LogP contribution in [-0.4, -0.2) is 48.1 Å². The summed E-state index contributed by atoms with van der Waals surface area (Å²) in [7, 11) is 1.24. The minimum absolute atomic E-state index is 0.0228. The standard InChI is InChI=1S/C10H13N3O5S/c1-6-12-7(5-19-6)8(9(14)15)13-18-4-3-11-10(16)17-2/h5H,3-4H2,1-2H3,(H,11,16)(H,14,15)/b13-8-. The molecule has 19 heavy (non-hydrogen) atoms. The predicted octanol–water partition coefficient (Wildman–Crippen LogP) is 0.613. The quantitative estimate of drug-likeness (QED) is 0.450. The number of methoxy groups -OCH3 is 1. The summed E-state index contributed by atoms with van der Waals surface area (Å²) in [5.74, 6) is -1.23. The van der Waals surface area contributed by atoms with E-state index < -0.39 is 12.1 Å². The molecule has 0 radical (unpaired) electrons. The van der Waals surface area contributed by atoms with Gasteiger partial charge in [-0.3, -0.25) is 0 Å². The molecule has 1 amide bonds. The molecule has 1 aromatic heterocycles. The lowest BCUT2D eigenvalue weighted by Gasteiger charge is -2.03. The molecule has 0 saturated heterocycles. The van der Waals surface area contributed by atoms with Gasteiger partial charge in [-0.25, -0.2) is 14.6 Å². The second kappa shape index (κ2) is 7.31. The van der Waals surface area contributed by atoms with E-state index in [1.807, 2.05) is 0 Å². The van der Waals surface area contributed by atoms with E-state index in [1.54, 1.807) is 12.3 Å². The van der Waals surface area contributed by atoms with Crippen molar-refractivity contribution in [1.82, 2.24) is 10.3 Å². The number of alkyl carbamates (subject to hydrolysis) is 1. The molecule has 0 fully saturated rings. The zero-order valence-corrected chi connectivity index (χ0v) is 11.2. The first kappa shape index (κ1) is 14.9. The molecule has 2 N–H and O–H groups in total. The summed E-state index contributed by atoms with van der Waals surface area (Å²) in [6.07, 6.45) is -0.596. The molecule has 0 spiro atoms. The van der Waals surface area contributed by atoms with Crippen LogP contribution in [0.15, 0.2) is 10.5 Å². The third kappa shape index (κ3) is 4.92. The van der Waals surface area contributed by atoms with E-state index in [0.29, 0.717) is 0 Å². The van der Waals surface area contributed by atoms with Crippen molar-refractivity contribution in [3.8, 4) is 0 Å². The summed E-state index contributed by atoms with van der Waals surface area (Å²) in [6, 6.07) is 0. The molecule has 0 unspecified atom stereocenters. The minimum Gasteiger partial charge on any atom is -0.476 e. The number of oxime groups is 1. The van der Waals surface area contributed by atoms with E-state index in [1.165, 1.54) is 18.4 Å². The Balaban J connectivity index is 2.51. The van der Waals surface area contributed by atoms with E-state index in [2.05, 4.69) is 20.2 Å². The van der Waals surface area contributed by atoms with Gasteiger partial charge in [-0.05, 0) is 6.92 Å². The van der Waals surface area contributed by atoms with Gasteiger partial charge in [-0.15, -0.1) is 11.3 Å². The molecule has 1 aromatic rings. The molecule has 0 aliphatic carbocycles. The number of carbonyl (C=O) groups excluding carboxylic acids is 1. The molecule has 0 saturated carbocycles. The van der Waals surface area contributed by atoms with Gasteiger partial charge in [-0.1, -0.05) is 5.16 Å². The Labute approximate surface area is 113 Å². The van der Waals surface area contributed by atoms with Gasteiger partial charge in [-0.2, -0.15) is 0 Å². The van der Waals surface area contributed by atoms with Crippen LogP contribution >= 0.6 is 11.3 Å². The van der Waals surface area contributed by atoms with Crippen molar-refractivity contribution >= 4 is 29.1 Å². The number of aliphatic carboxylic acids is 1. The fraction of sp³-hybridized carbons (Fsp3) is 0.400. The molecule has 0 atom stereocenters. The maximum Gasteiger partial charge on any atom is 0.406 e. The topological polar surface area (TPSA) is 110 Å². The van der Waals surface area contributed by atoms with E-state index in [-0.39, 0.29) is 24.6 Å². The van der Waals surface area contributed by atoms with Gasteiger partial charge in [0.1, 0.15) is 12.3 Å². The van der Waals surface area contributed by atoms with Crippen LogP contribution in [0.1, 0.15) is 10.7 Å². The Morgan fingerprint density at radius 2 is 2.32 bits per heavy atom. The van der Waals surface area contributed by atoms with Gasteiger partial charge in [0.15, 0.2) is 0 Å². The van der Waals surface area contributed by atoms with Gasteiger partial charge in [0, 0.05) is 5.38 Å². The van der Waals surface area contributed by atoms with Gasteiger partial charge < -0.3 is 20.0 Å². The van der Waals surface area contributed by atoms with Crippen molar-refractivity contribution in [3.05, 3.63) is 16.1 Å². The van der Waals surface area contributed by atoms with Crippen LogP contribution in [0, 0.1) is 6.92 Å². The predicted molar refractivity (Wildman–Crippen MR) is 67.4 cm³/mol. The SMILES string of the molecule is COC(=O)NCCO/N=C(\C(=O)O)c1csc(C)n1. The minimum atomic E-state index is -1.23. The van der Waals surface area contributed by atoms with E-state index in [9.17, 15) is 9.59 Å². The normalized spacial score (nSPS) is 10.9. The first-order valence-electron chi connectivity index (χ1n) is 5.22. The lowest BCUT2D eigenvalue weighted by molar-refractivity contribution is -0.129. The summed E-state index contributed by atoms with van der Waals surface area (Å²) in [4.78, 5) is 30.5. The molecule has 0 aromatic carbocycles. The highest BCUT2D eigenvalue weighted by Gasteiger charge is 2.16. The molecule has 0 aliphatic rings. The summed E-state index contributed by atoms with van der Waals surface area (Å²) >= 11 is 1.32. The second-order valence-corrected chi connectivity index (χ2v) is 4.31. The van der Waals surface area contributed by atoms with Crippen LogP contribution in [0.5, 0.6) is 0 Å². The molecule has 0 aliphatic heterocycles. The number of rotatable bonds is 6. The van der Waals surface area contributed by atoms with Gasteiger partial charge in [0.25, 0.3) is 0 Å². The third-order valence-electron chi connectivity index (χ3n) is 1.87.